The van der Waals surface area contributed by atoms with Crippen molar-refractivity contribution in [3.05, 3.63) is 62.2 Å². The summed E-state index contributed by atoms with van der Waals surface area (Å²) in [6.07, 6.45) is 1.52. The second kappa shape index (κ2) is 7.47. The third kappa shape index (κ3) is 3.42. The molecule has 4 heterocycles. The van der Waals surface area contributed by atoms with Crippen LogP contribution in [0.4, 0.5) is 8.78 Å². The van der Waals surface area contributed by atoms with Crippen molar-refractivity contribution in [1.82, 2.24) is 25.4 Å². The summed E-state index contributed by atoms with van der Waals surface area (Å²) in [5.41, 5.74) is 0.866. The molecule has 2 aliphatic rings. The van der Waals surface area contributed by atoms with E-state index in [2.05, 4.69) is 20.5 Å². The van der Waals surface area contributed by atoms with Gasteiger partial charge >= 0.3 is 5.92 Å². The van der Waals surface area contributed by atoms with Crippen LogP contribution in [0.25, 0.3) is 0 Å². The van der Waals surface area contributed by atoms with Crippen LogP contribution in [0.15, 0.2) is 34.3 Å². The lowest BCUT2D eigenvalue weighted by atomic mass is 9.73. The van der Waals surface area contributed by atoms with Crippen LogP contribution in [-0.4, -0.2) is 52.2 Å². The Bertz CT molecular complexity index is 1140. The number of amides is 1. The van der Waals surface area contributed by atoms with Crippen molar-refractivity contribution in [2.45, 2.75) is 11.8 Å². The van der Waals surface area contributed by atoms with E-state index in [4.69, 9.17) is 27.6 Å². The molecule has 0 radical (unpaired) electrons. The van der Waals surface area contributed by atoms with Crippen LogP contribution in [0.5, 0.6) is 0 Å². The minimum atomic E-state index is -3.54. The summed E-state index contributed by atoms with van der Waals surface area (Å²) in [5.74, 6) is -4.76. The monoisotopic (exact) mass is 485 g/mol. The van der Waals surface area contributed by atoms with Crippen LogP contribution >= 0.6 is 34.5 Å². The second-order valence-corrected chi connectivity index (χ2v) is 9.42. The van der Waals surface area contributed by atoms with Gasteiger partial charge in [0.15, 0.2) is 0 Å². The third-order valence-corrected chi connectivity index (χ3v) is 7.32. The van der Waals surface area contributed by atoms with Crippen molar-refractivity contribution in [2.24, 2.45) is 5.41 Å². The fourth-order valence-corrected chi connectivity index (χ4v) is 4.95. The molecule has 2 saturated heterocycles. The molecule has 2 fully saturated rings. The molecule has 12 heteroatoms. The van der Waals surface area contributed by atoms with Crippen LogP contribution in [0.1, 0.15) is 32.9 Å². The van der Waals surface area contributed by atoms with E-state index in [0.29, 0.717) is 31.1 Å². The molecule has 0 aliphatic carbocycles. The van der Waals surface area contributed by atoms with Crippen molar-refractivity contribution in [2.75, 3.05) is 26.2 Å². The highest BCUT2D eigenvalue weighted by atomic mass is 35.5. The molecule has 7 nitrogen and oxygen atoms in total. The van der Waals surface area contributed by atoms with Crippen LogP contribution < -0.4 is 5.32 Å². The molecule has 2 aliphatic heterocycles. The number of thiazole rings is 1. The van der Waals surface area contributed by atoms with E-state index >= 15 is 0 Å². The molecule has 1 spiro atoms. The maximum absolute atomic E-state index is 15.0. The van der Waals surface area contributed by atoms with E-state index < -0.39 is 17.4 Å². The number of nitrogens with one attached hydrogen (secondary N) is 1. The van der Waals surface area contributed by atoms with Crippen LogP contribution in [0, 0.1) is 5.41 Å². The molecule has 1 unspecified atom stereocenters. The molecule has 31 heavy (non-hydrogen) atoms. The summed E-state index contributed by atoms with van der Waals surface area (Å²) in [6.45, 7) is 2.04. The molecule has 5 rings (SSSR count). The van der Waals surface area contributed by atoms with Gasteiger partial charge in [-0.25, -0.2) is 0 Å². The third-order valence-electron chi connectivity index (χ3n) is 5.82. The maximum atomic E-state index is 15.0. The fraction of sp³-hybridized carbons (Fsp3) is 0.368. The first-order valence-corrected chi connectivity index (χ1v) is 11.0. The van der Waals surface area contributed by atoms with Gasteiger partial charge in [0.1, 0.15) is 4.88 Å². The van der Waals surface area contributed by atoms with Gasteiger partial charge in [0.2, 0.25) is 5.89 Å². The van der Waals surface area contributed by atoms with Gasteiger partial charge in [-0.1, -0.05) is 29.3 Å². The van der Waals surface area contributed by atoms with Gasteiger partial charge in [0, 0.05) is 37.2 Å². The molecule has 1 aromatic carbocycles. The molecule has 2 aromatic heterocycles. The molecule has 0 saturated carbocycles. The number of hydrogen-bond donors (Lipinski definition) is 1. The van der Waals surface area contributed by atoms with Crippen molar-refractivity contribution in [3.8, 4) is 0 Å². The topological polar surface area (TPSA) is 84.2 Å². The average molecular weight is 486 g/mol. The lowest BCUT2D eigenvalue weighted by Crippen LogP contribution is -2.57. The number of carbonyl (C=O) groups excluding carboxylic acids is 1. The van der Waals surface area contributed by atoms with Gasteiger partial charge < -0.3 is 14.6 Å². The van der Waals surface area contributed by atoms with E-state index in [9.17, 15) is 13.6 Å². The standard InChI is InChI=1S/C19H15Cl2F2N5O2S/c20-12-2-1-10(3-13(12)21)19(22,23)17-27-26-15(30-17)11-5-28(8-18(11)6-25-7-18)16(29)14-4-24-9-31-14/h1-4,9,11,25H,5-8H2. The van der Waals surface area contributed by atoms with E-state index in [0.717, 1.165) is 6.07 Å². The van der Waals surface area contributed by atoms with E-state index in [-0.39, 0.29) is 33.2 Å². The smallest absolute Gasteiger partial charge is 0.349 e. The minimum absolute atomic E-state index is 0.00564. The van der Waals surface area contributed by atoms with Crippen molar-refractivity contribution in [1.29, 1.82) is 0 Å². The first-order valence-electron chi connectivity index (χ1n) is 9.36. The number of aromatic nitrogens is 3. The van der Waals surface area contributed by atoms with E-state index in [1.165, 1.54) is 29.7 Å². The van der Waals surface area contributed by atoms with Crippen molar-refractivity contribution >= 4 is 40.4 Å². The molecule has 0 bridgehead atoms. The Morgan fingerprint density at radius 1 is 1.29 bits per heavy atom. The zero-order valence-electron chi connectivity index (χ0n) is 15.8. The van der Waals surface area contributed by atoms with Gasteiger partial charge in [-0.2, -0.15) is 8.78 Å². The highest BCUT2D eigenvalue weighted by molar-refractivity contribution is 7.11. The zero-order chi connectivity index (χ0) is 21.8. The van der Waals surface area contributed by atoms with E-state index in [1.54, 1.807) is 10.4 Å². The van der Waals surface area contributed by atoms with E-state index in [1.807, 2.05) is 0 Å². The number of carbonyl (C=O) groups is 1. The largest absolute Gasteiger partial charge is 0.419 e. The van der Waals surface area contributed by atoms with Crippen LogP contribution in [0.3, 0.4) is 0 Å². The molecular formula is C19H15Cl2F2N5O2S. The lowest BCUT2D eigenvalue weighted by Gasteiger charge is -2.42. The van der Waals surface area contributed by atoms with Gasteiger partial charge in [0.25, 0.3) is 11.8 Å². The van der Waals surface area contributed by atoms with Gasteiger partial charge in [0.05, 0.1) is 27.7 Å². The predicted octanol–water partition coefficient (Wildman–Crippen LogP) is 3.80. The number of benzene rings is 1. The van der Waals surface area contributed by atoms with Gasteiger partial charge in [-0.15, -0.1) is 21.5 Å². The molecule has 3 aromatic rings. The highest BCUT2D eigenvalue weighted by Gasteiger charge is 2.55. The maximum Gasteiger partial charge on any atom is 0.349 e. The Balaban J connectivity index is 1.43. The summed E-state index contributed by atoms with van der Waals surface area (Å²) in [5, 5.41) is 10.9. The van der Waals surface area contributed by atoms with Gasteiger partial charge in [-0.05, 0) is 12.1 Å². The number of alkyl halides is 2. The molecule has 1 atom stereocenters. The van der Waals surface area contributed by atoms with Crippen molar-refractivity contribution < 1.29 is 18.0 Å². The SMILES string of the molecule is O=C(c1cncs1)N1CC(c2nnc(C(F)(F)c3ccc(Cl)c(Cl)c3)o2)C2(CNC2)C1. The van der Waals surface area contributed by atoms with Crippen LogP contribution in [0.2, 0.25) is 10.0 Å². The first kappa shape index (κ1) is 20.7. The Hall–Kier alpha value is -2.14. The summed E-state index contributed by atoms with van der Waals surface area (Å²) < 4.78 is 35.5. The Labute approximate surface area is 189 Å². The molecule has 1 N–H and O–H groups in total. The summed E-state index contributed by atoms with van der Waals surface area (Å²) in [7, 11) is 0. The normalized spacial score (nSPS) is 20.3. The predicted molar refractivity (Wildman–Crippen MR) is 110 cm³/mol. The van der Waals surface area contributed by atoms with Crippen molar-refractivity contribution in [3.63, 3.8) is 0 Å². The first-order chi connectivity index (χ1) is 14.8. The lowest BCUT2D eigenvalue weighted by molar-refractivity contribution is 0.0106. The van der Waals surface area contributed by atoms with Crippen LogP contribution in [-0.2, 0) is 5.92 Å². The Morgan fingerprint density at radius 2 is 2.10 bits per heavy atom. The number of likely N-dealkylation sites (tertiary alicyclic amines) is 1. The zero-order valence-corrected chi connectivity index (χ0v) is 18.1. The Morgan fingerprint density at radius 3 is 2.74 bits per heavy atom. The minimum Gasteiger partial charge on any atom is -0.419 e. The summed E-state index contributed by atoms with van der Waals surface area (Å²) in [6, 6.07) is 3.54. The number of nitrogens with zero attached hydrogens (tertiary/aromatic N) is 4. The number of hydrogen-bond acceptors (Lipinski definition) is 7. The van der Waals surface area contributed by atoms with Gasteiger partial charge in [-0.3, -0.25) is 9.78 Å². The molecule has 1 amide bonds. The second-order valence-electron chi connectivity index (χ2n) is 7.72. The molecule has 162 valence electrons. The highest BCUT2D eigenvalue weighted by Crippen LogP contribution is 2.47. The fourth-order valence-electron chi connectivity index (χ4n) is 4.06. The average Bonchev–Trinajstić information content (AvgIpc) is 3.47. The summed E-state index contributed by atoms with van der Waals surface area (Å²) in [4.78, 5) is 19.0. The number of halogens is 4. The summed E-state index contributed by atoms with van der Waals surface area (Å²) >= 11 is 13.0. The quantitative estimate of drug-likeness (QED) is 0.604. The molecular weight excluding hydrogens is 471 g/mol. The Kier molecular flexibility index (Phi) is 5.00. The number of rotatable bonds is 4.